The molecular formula is C16H25N5O10P2S. The molecule has 7 N–H and O–H groups in total. The summed E-state index contributed by atoms with van der Waals surface area (Å²) in [6.07, 6.45) is 0.209. The summed E-state index contributed by atoms with van der Waals surface area (Å²) < 4.78 is 37.5. The van der Waals surface area contributed by atoms with Crippen LogP contribution in [0.15, 0.2) is 24.1 Å². The van der Waals surface area contributed by atoms with E-state index in [1.54, 1.807) is 0 Å². The summed E-state index contributed by atoms with van der Waals surface area (Å²) in [6.45, 7) is 2.86. The number of thioether (sulfide) groups is 1. The first kappa shape index (κ1) is 27.2. The fourth-order valence-electron chi connectivity index (χ4n) is 3.14. The van der Waals surface area contributed by atoms with Crippen molar-refractivity contribution in [1.29, 1.82) is 0 Å². The number of fused-ring (bicyclic) bond motifs is 1. The smallest absolute Gasteiger partial charge is 0.387 e. The van der Waals surface area contributed by atoms with Crippen LogP contribution in [-0.4, -0.2) is 75.1 Å². The van der Waals surface area contributed by atoms with Crippen LogP contribution in [0.4, 0.5) is 5.82 Å². The lowest BCUT2D eigenvalue weighted by atomic mass is 10.1. The van der Waals surface area contributed by atoms with E-state index in [2.05, 4.69) is 30.4 Å². The van der Waals surface area contributed by atoms with Crippen LogP contribution >= 0.6 is 27.4 Å². The molecule has 0 spiro atoms. The molecule has 2 aromatic rings. The van der Waals surface area contributed by atoms with E-state index >= 15 is 0 Å². The SMILES string of the molecule is C=CCCCCSc1nc(N)c2ncn([C@@H]3O[C@H](COP(=O)(O)OP(=O)(O)O)C(O)C3O)c2n1. The fourth-order valence-corrected chi connectivity index (χ4v) is 5.59. The molecule has 2 aromatic heterocycles. The standard InChI is InChI=1S/C16H25N5O10P2S/c1-2-3-4-5-6-34-16-19-13(17)10-14(20-16)21(8-18-10)15-12(23)11(22)9(30-15)7-29-33(27,28)31-32(24,25)26/h2,8-9,11-12,15,22-23H,1,3-7H2,(H,27,28)(H2,17,19,20)(H2,24,25,26)/t9-,11?,12?,15-/m1/s1. The van der Waals surface area contributed by atoms with E-state index in [0.29, 0.717) is 5.16 Å². The molecule has 1 aliphatic heterocycles. The van der Waals surface area contributed by atoms with Crippen LogP contribution in [-0.2, 0) is 22.7 Å². The van der Waals surface area contributed by atoms with Crippen molar-refractivity contribution in [3.05, 3.63) is 19.0 Å². The van der Waals surface area contributed by atoms with Gasteiger partial charge >= 0.3 is 15.6 Å². The molecule has 1 saturated heterocycles. The Morgan fingerprint density at radius 2 is 1.97 bits per heavy atom. The molecule has 0 radical (unpaired) electrons. The van der Waals surface area contributed by atoms with E-state index in [9.17, 15) is 24.2 Å². The summed E-state index contributed by atoms with van der Waals surface area (Å²) in [7, 11) is -10.5. The first-order chi connectivity index (χ1) is 15.9. The van der Waals surface area contributed by atoms with Crippen molar-refractivity contribution >= 4 is 44.4 Å². The van der Waals surface area contributed by atoms with Crippen molar-refractivity contribution in [2.45, 2.75) is 49.0 Å². The molecule has 15 nitrogen and oxygen atoms in total. The lowest BCUT2D eigenvalue weighted by Crippen LogP contribution is -2.33. The number of phosphoric acid groups is 2. The Bertz CT molecular complexity index is 1110. The van der Waals surface area contributed by atoms with Gasteiger partial charge in [-0.2, -0.15) is 4.31 Å². The first-order valence-corrected chi connectivity index (χ1v) is 13.9. The van der Waals surface area contributed by atoms with Crippen molar-refractivity contribution < 1.29 is 47.6 Å². The third-order valence-corrected chi connectivity index (χ3v) is 7.77. The van der Waals surface area contributed by atoms with E-state index in [1.807, 2.05) is 6.08 Å². The number of hydrogen-bond donors (Lipinski definition) is 6. The van der Waals surface area contributed by atoms with Gasteiger partial charge in [-0.05, 0) is 19.3 Å². The molecule has 3 heterocycles. The minimum Gasteiger partial charge on any atom is -0.387 e. The van der Waals surface area contributed by atoms with Gasteiger partial charge < -0.3 is 35.4 Å². The number of nitrogens with two attached hydrogens (primary N) is 1. The molecular weight excluding hydrogens is 516 g/mol. The summed E-state index contributed by atoms with van der Waals surface area (Å²) in [6, 6.07) is 0. The van der Waals surface area contributed by atoms with Gasteiger partial charge in [0.05, 0.1) is 12.9 Å². The third kappa shape index (κ3) is 6.83. The predicted molar refractivity (Wildman–Crippen MR) is 119 cm³/mol. The Hall–Kier alpha value is -1.42. The number of allylic oxidation sites excluding steroid dienone is 1. The largest absolute Gasteiger partial charge is 0.481 e. The summed E-state index contributed by atoms with van der Waals surface area (Å²) in [5, 5.41) is 21.2. The zero-order valence-electron chi connectivity index (χ0n) is 17.7. The molecule has 0 saturated carbocycles. The number of phosphoric ester groups is 1. The van der Waals surface area contributed by atoms with Crippen LogP contribution < -0.4 is 5.73 Å². The van der Waals surface area contributed by atoms with Crippen LogP contribution in [0, 0.1) is 0 Å². The highest BCUT2D eigenvalue weighted by Gasteiger charge is 2.46. The fraction of sp³-hybridized carbons (Fsp3) is 0.562. The Labute approximate surface area is 197 Å². The van der Waals surface area contributed by atoms with Crippen molar-refractivity contribution in [1.82, 2.24) is 19.5 Å². The normalized spacial score (nSPS) is 25.0. The van der Waals surface area contributed by atoms with Crippen molar-refractivity contribution in [3.63, 3.8) is 0 Å². The van der Waals surface area contributed by atoms with Gasteiger partial charge in [-0.1, -0.05) is 17.8 Å². The highest BCUT2D eigenvalue weighted by molar-refractivity contribution is 7.99. The summed E-state index contributed by atoms with van der Waals surface area (Å²) in [4.78, 5) is 39.5. The first-order valence-electron chi connectivity index (χ1n) is 9.91. The second kappa shape index (κ2) is 11.1. The third-order valence-electron chi connectivity index (χ3n) is 4.68. The summed E-state index contributed by atoms with van der Waals surface area (Å²) in [5.41, 5.74) is 6.47. The summed E-state index contributed by atoms with van der Waals surface area (Å²) >= 11 is 1.38. The average Bonchev–Trinajstić information content (AvgIpc) is 3.26. The average molecular weight is 541 g/mol. The number of unbranched alkanes of at least 4 members (excludes halogenated alkanes) is 2. The number of rotatable bonds is 12. The van der Waals surface area contributed by atoms with Crippen LogP contribution in [0.1, 0.15) is 25.5 Å². The van der Waals surface area contributed by atoms with E-state index in [1.165, 1.54) is 22.7 Å². The lowest BCUT2D eigenvalue weighted by Gasteiger charge is -2.17. The second-order valence-electron chi connectivity index (χ2n) is 7.23. The molecule has 3 rings (SSSR count). The van der Waals surface area contributed by atoms with Gasteiger partial charge in [0.15, 0.2) is 22.8 Å². The minimum absolute atomic E-state index is 0.112. The van der Waals surface area contributed by atoms with Crippen LogP contribution in [0.3, 0.4) is 0 Å². The quantitative estimate of drug-likeness (QED) is 0.0713. The Morgan fingerprint density at radius 3 is 2.65 bits per heavy atom. The van der Waals surface area contributed by atoms with Gasteiger partial charge in [0.25, 0.3) is 0 Å². The van der Waals surface area contributed by atoms with Gasteiger partial charge in [0, 0.05) is 5.75 Å². The van der Waals surface area contributed by atoms with Gasteiger partial charge in [-0.3, -0.25) is 9.09 Å². The van der Waals surface area contributed by atoms with E-state index < -0.39 is 46.8 Å². The molecule has 0 bridgehead atoms. The molecule has 34 heavy (non-hydrogen) atoms. The molecule has 0 aliphatic carbocycles. The van der Waals surface area contributed by atoms with Gasteiger partial charge in [0.2, 0.25) is 0 Å². The molecule has 1 aliphatic rings. The molecule has 0 amide bonds. The molecule has 190 valence electrons. The Balaban J connectivity index is 1.74. The van der Waals surface area contributed by atoms with Crippen molar-refractivity contribution in [2.75, 3.05) is 18.1 Å². The minimum atomic E-state index is -5.31. The molecule has 18 heteroatoms. The predicted octanol–water partition coefficient (Wildman–Crippen LogP) is 0.702. The van der Waals surface area contributed by atoms with Gasteiger partial charge in [-0.25, -0.2) is 24.1 Å². The van der Waals surface area contributed by atoms with E-state index in [-0.39, 0.29) is 17.0 Å². The summed E-state index contributed by atoms with van der Waals surface area (Å²) in [5.74, 6) is 0.854. The second-order valence-corrected chi connectivity index (χ2v) is 11.1. The number of hydrogen-bond acceptors (Lipinski definition) is 12. The number of aliphatic hydroxyl groups is 2. The number of ether oxygens (including phenoxy) is 1. The van der Waals surface area contributed by atoms with Gasteiger partial charge in [0.1, 0.15) is 23.8 Å². The molecule has 1 fully saturated rings. The van der Waals surface area contributed by atoms with Crippen LogP contribution in [0.5, 0.6) is 0 Å². The number of aromatic nitrogens is 4. The monoisotopic (exact) mass is 541 g/mol. The van der Waals surface area contributed by atoms with Crippen molar-refractivity contribution in [3.8, 4) is 0 Å². The maximum absolute atomic E-state index is 11.6. The molecule has 5 atom stereocenters. The Morgan fingerprint density at radius 1 is 1.24 bits per heavy atom. The number of aliphatic hydroxyl groups excluding tert-OH is 2. The maximum atomic E-state index is 11.6. The number of nitrogen functional groups attached to an aromatic ring is 1. The van der Waals surface area contributed by atoms with Crippen LogP contribution in [0.2, 0.25) is 0 Å². The van der Waals surface area contributed by atoms with E-state index in [0.717, 1.165) is 25.0 Å². The zero-order valence-corrected chi connectivity index (χ0v) is 20.3. The number of anilines is 1. The van der Waals surface area contributed by atoms with E-state index in [4.69, 9.17) is 20.3 Å². The molecule has 0 aromatic carbocycles. The van der Waals surface area contributed by atoms with Crippen molar-refractivity contribution in [2.24, 2.45) is 0 Å². The highest BCUT2D eigenvalue weighted by atomic mass is 32.2. The maximum Gasteiger partial charge on any atom is 0.481 e. The van der Waals surface area contributed by atoms with Gasteiger partial charge in [-0.15, -0.1) is 6.58 Å². The topological polar surface area (TPSA) is 233 Å². The molecule has 3 unspecified atom stereocenters. The highest BCUT2D eigenvalue weighted by Crippen LogP contribution is 2.57. The Kier molecular flexibility index (Phi) is 8.87. The zero-order chi connectivity index (χ0) is 25.1. The number of imidazole rings is 1. The van der Waals surface area contributed by atoms with Crippen LogP contribution in [0.25, 0.3) is 11.2 Å². The lowest BCUT2D eigenvalue weighted by molar-refractivity contribution is -0.0503. The number of nitrogens with zero attached hydrogens (tertiary/aromatic N) is 4.